The lowest BCUT2D eigenvalue weighted by atomic mass is 9.97. The monoisotopic (exact) mass is 244 g/mol. The Morgan fingerprint density at radius 1 is 1.50 bits per heavy atom. The molecule has 0 unspecified atom stereocenters. The molecular weight excluding hydrogens is 224 g/mol. The summed E-state index contributed by atoms with van der Waals surface area (Å²) in [6.45, 7) is 3.86. The summed E-state index contributed by atoms with van der Waals surface area (Å²) in [4.78, 5) is 12.1. The van der Waals surface area contributed by atoms with Crippen molar-refractivity contribution in [1.82, 2.24) is 5.32 Å². The van der Waals surface area contributed by atoms with Crippen LogP contribution in [0.3, 0.4) is 0 Å². The first-order valence-electron chi connectivity index (χ1n) is 5.69. The summed E-state index contributed by atoms with van der Waals surface area (Å²) in [7, 11) is 0. The first kappa shape index (κ1) is 13.4. The number of nitrogens with one attached hydrogen (secondary N) is 1. The van der Waals surface area contributed by atoms with Crippen molar-refractivity contribution < 1.29 is 9.53 Å². The molecule has 0 aliphatic heterocycles. The zero-order valence-corrected chi connectivity index (χ0v) is 10.7. The lowest BCUT2D eigenvalue weighted by molar-refractivity contribution is -0.128. The predicted octanol–water partition coefficient (Wildman–Crippen LogP) is 1.13. The van der Waals surface area contributed by atoms with Gasteiger partial charge >= 0.3 is 0 Å². The number of thiocarbonyl (C=S) groups is 1. The normalized spacial score (nSPS) is 18.7. The Morgan fingerprint density at radius 3 is 2.50 bits per heavy atom. The van der Waals surface area contributed by atoms with Crippen molar-refractivity contribution in [2.24, 2.45) is 5.73 Å². The van der Waals surface area contributed by atoms with Crippen molar-refractivity contribution in [2.45, 2.75) is 51.2 Å². The highest BCUT2D eigenvalue weighted by molar-refractivity contribution is 7.80. The molecule has 0 heterocycles. The average Bonchev–Trinajstić information content (AvgIpc) is 2.64. The molecule has 1 rings (SSSR count). The van der Waals surface area contributed by atoms with Gasteiger partial charge in [-0.2, -0.15) is 0 Å². The van der Waals surface area contributed by atoms with Gasteiger partial charge in [-0.25, -0.2) is 0 Å². The van der Waals surface area contributed by atoms with E-state index in [0.29, 0.717) is 4.99 Å². The maximum absolute atomic E-state index is 11.7. The number of ether oxygens (including phenoxy) is 1. The summed E-state index contributed by atoms with van der Waals surface area (Å²) < 4.78 is 5.24. The van der Waals surface area contributed by atoms with Gasteiger partial charge in [0.15, 0.2) is 0 Å². The van der Waals surface area contributed by atoms with Crippen LogP contribution in [0.15, 0.2) is 0 Å². The highest BCUT2D eigenvalue weighted by Gasteiger charge is 2.38. The zero-order valence-electron chi connectivity index (χ0n) is 9.91. The molecule has 92 valence electrons. The highest BCUT2D eigenvalue weighted by Crippen LogP contribution is 2.29. The highest BCUT2D eigenvalue weighted by atomic mass is 32.1. The van der Waals surface area contributed by atoms with E-state index in [1.165, 1.54) is 0 Å². The van der Waals surface area contributed by atoms with Crippen LogP contribution in [0.5, 0.6) is 0 Å². The Labute approximate surface area is 102 Å². The third-order valence-electron chi connectivity index (χ3n) is 2.86. The number of hydrogen-bond donors (Lipinski definition) is 2. The Hall–Kier alpha value is -0.680. The van der Waals surface area contributed by atoms with Crippen molar-refractivity contribution >= 4 is 23.1 Å². The number of rotatable bonds is 5. The Morgan fingerprint density at radius 2 is 2.06 bits per heavy atom. The Bertz CT molecular complexity index is 273. The van der Waals surface area contributed by atoms with Gasteiger partial charge in [0.2, 0.25) is 5.91 Å². The number of carbonyl (C=O) groups excluding carboxylic acids is 1. The summed E-state index contributed by atoms with van der Waals surface area (Å²) in [5.41, 5.74) is 5.25. The van der Waals surface area contributed by atoms with Crippen LogP contribution in [0, 0.1) is 0 Å². The van der Waals surface area contributed by atoms with E-state index < -0.39 is 5.54 Å². The van der Waals surface area contributed by atoms with E-state index in [4.69, 9.17) is 22.7 Å². The van der Waals surface area contributed by atoms with Gasteiger partial charge in [0, 0.05) is 0 Å². The van der Waals surface area contributed by atoms with Crippen LogP contribution in [-0.4, -0.2) is 29.1 Å². The largest absolute Gasteiger partial charge is 0.391 e. The van der Waals surface area contributed by atoms with Crippen LogP contribution in [0.1, 0.15) is 39.5 Å². The number of nitrogens with two attached hydrogens (primary N) is 1. The van der Waals surface area contributed by atoms with Crippen molar-refractivity contribution in [3.8, 4) is 0 Å². The smallest absolute Gasteiger partial charge is 0.246 e. The van der Waals surface area contributed by atoms with Gasteiger partial charge in [-0.1, -0.05) is 25.1 Å². The maximum atomic E-state index is 11.7. The molecule has 4 nitrogen and oxygen atoms in total. The van der Waals surface area contributed by atoms with Crippen LogP contribution in [0.25, 0.3) is 0 Å². The fraction of sp³-hybridized carbons (Fsp3) is 0.818. The van der Waals surface area contributed by atoms with Crippen LogP contribution in [0.4, 0.5) is 0 Å². The van der Waals surface area contributed by atoms with Gasteiger partial charge in [-0.05, 0) is 26.7 Å². The molecule has 0 spiro atoms. The minimum Gasteiger partial charge on any atom is -0.391 e. The molecule has 0 aromatic carbocycles. The second-order valence-electron chi connectivity index (χ2n) is 4.56. The summed E-state index contributed by atoms with van der Waals surface area (Å²) in [5.74, 6) is -0.136. The second-order valence-corrected chi connectivity index (χ2v) is 5.00. The SMILES string of the molecule is CC(C)OCC(=O)NC1(C(N)=S)CCCC1. The van der Waals surface area contributed by atoms with Crippen molar-refractivity contribution in [2.75, 3.05) is 6.61 Å². The molecule has 0 aromatic rings. The van der Waals surface area contributed by atoms with Gasteiger partial charge in [0.25, 0.3) is 0 Å². The minimum absolute atomic E-state index is 0.0510. The van der Waals surface area contributed by atoms with Gasteiger partial charge in [-0.3, -0.25) is 4.79 Å². The molecule has 3 N–H and O–H groups in total. The third-order valence-corrected chi connectivity index (χ3v) is 3.25. The van der Waals surface area contributed by atoms with Gasteiger partial charge < -0.3 is 15.8 Å². The van der Waals surface area contributed by atoms with E-state index in [1.807, 2.05) is 13.8 Å². The van der Waals surface area contributed by atoms with Crippen LogP contribution in [0.2, 0.25) is 0 Å². The molecule has 1 aliphatic rings. The fourth-order valence-corrected chi connectivity index (χ4v) is 2.21. The van der Waals surface area contributed by atoms with Crippen molar-refractivity contribution in [3.63, 3.8) is 0 Å². The van der Waals surface area contributed by atoms with Gasteiger partial charge in [0.1, 0.15) is 6.61 Å². The van der Waals surface area contributed by atoms with E-state index >= 15 is 0 Å². The standard InChI is InChI=1S/C11H20N2O2S/c1-8(2)15-7-9(14)13-11(10(12)16)5-3-4-6-11/h8H,3-7H2,1-2H3,(H2,12,16)(H,13,14). The van der Waals surface area contributed by atoms with E-state index in [2.05, 4.69) is 5.32 Å². The lowest BCUT2D eigenvalue weighted by Gasteiger charge is -2.29. The third kappa shape index (κ3) is 3.42. The van der Waals surface area contributed by atoms with E-state index in [9.17, 15) is 4.79 Å². The predicted molar refractivity (Wildman–Crippen MR) is 67.2 cm³/mol. The Kier molecular flexibility index (Phi) is 4.68. The van der Waals surface area contributed by atoms with Crippen molar-refractivity contribution in [1.29, 1.82) is 0 Å². The molecule has 5 heteroatoms. The first-order valence-corrected chi connectivity index (χ1v) is 6.09. The minimum atomic E-state index is -0.466. The molecule has 0 atom stereocenters. The molecule has 0 aromatic heterocycles. The summed E-state index contributed by atoms with van der Waals surface area (Å²) in [5, 5.41) is 2.92. The quantitative estimate of drug-likeness (QED) is 0.712. The molecule has 1 amide bonds. The van der Waals surface area contributed by atoms with Crippen LogP contribution < -0.4 is 11.1 Å². The number of hydrogen-bond acceptors (Lipinski definition) is 3. The van der Waals surface area contributed by atoms with Gasteiger partial charge in [-0.15, -0.1) is 0 Å². The number of amides is 1. The van der Waals surface area contributed by atoms with Crippen LogP contribution >= 0.6 is 12.2 Å². The topological polar surface area (TPSA) is 64.3 Å². The first-order chi connectivity index (χ1) is 7.46. The maximum Gasteiger partial charge on any atom is 0.246 e. The molecule has 0 saturated heterocycles. The Balaban J connectivity index is 2.49. The second kappa shape index (κ2) is 5.59. The zero-order chi connectivity index (χ0) is 12.2. The summed E-state index contributed by atoms with van der Waals surface area (Å²) >= 11 is 5.04. The van der Waals surface area contributed by atoms with E-state index in [1.54, 1.807) is 0 Å². The average molecular weight is 244 g/mol. The molecule has 0 radical (unpaired) electrons. The summed E-state index contributed by atoms with van der Waals surface area (Å²) in [6.07, 6.45) is 3.85. The van der Waals surface area contributed by atoms with E-state index in [-0.39, 0.29) is 18.6 Å². The van der Waals surface area contributed by atoms with Crippen molar-refractivity contribution in [3.05, 3.63) is 0 Å². The van der Waals surface area contributed by atoms with Gasteiger partial charge in [0.05, 0.1) is 16.6 Å². The molecule has 16 heavy (non-hydrogen) atoms. The summed E-state index contributed by atoms with van der Waals surface area (Å²) in [6, 6.07) is 0. The fourth-order valence-electron chi connectivity index (χ4n) is 1.96. The molecule has 0 bridgehead atoms. The molecule has 1 aliphatic carbocycles. The molecular formula is C11H20N2O2S. The number of carbonyl (C=O) groups is 1. The molecule has 1 fully saturated rings. The molecule has 1 saturated carbocycles. The van der Waals surface area contributed by atoms with Crippen LogP contribution in [-0.2, 0) is 9.53 Å². The lowest BCUT2D eigenvalue weighted by Crippen LogP contribution is -2.55. The van der Waals surface area contributed by atoms with E-state index in [0.717, 1.165) is 25.7 Å².